The maximum Gasteiger partial charge on any atom is 0.256 e. The van der Waals surface area contributed by atoms with Crippen molar-refractivity contribution in [2.24, 2.45) is 5.73 Å². The molecule has 0 aliphatic heterocycles. The van der Waals surface area contributed by atoms with Crippen molar-refractivity contribution < 1.29 is 9.63 Å². The van der Waals surface area contributed by atoms with Crippen LogP contribution in [0.15, 0.2) is 4.52 Å². The minimum absolute atomic E-state index is 0.109. The highest BCUT2D eigenvalue weighted by Crippen LogP contribution is 2.31. The van der Waals surface area contributed by atoms with E-state index in [4.69, 9.17) is 10.3 Å². The zero-order valence-corrected chi connectivity index (χ0v) is 9.95. The van der Waals surface area contributed by atoms with Crippen LogP contribution in [-0.4, -0.2) is 27.0 Å². The summed E-state index contributed by atoms with van der Waals surface area (Å²) in [6.45, 7) is 0.109. The van der Waals surface area contributed by atoms with Gasteiger partial charge < -0.3 is 15.4 Å². The van der Waals surface area contributed by atoms with Crippen LogP contribution in [0.1, 0.15) is 43.5 Å². The molecule has 2 rings (SSSR count). The lowest BCUT2D eigenvalue weighted by Gasteiger charge is -2.05. The lowest BCUT2D eigenvalue weighted by atomic mass is 10.4. The van der Waals surface area contributed by atoms with Gasteiger partial charge in [0.2, 0.25) is 0 Å². The molecule has 5 nitrogen and oxygen atoms in total. The highest BCUT2D eigenvalue weighted by atomic mass is 32.2. The van der Waals surface area contributed by atoms with Gasteiger partial charge >= 0.3 is 0 Å². The van der Waals surface area contributed by atoms with Crippen LogP contribution in [-0.2, 0) is 5.75 Å². The molecule has 3 N–H and O–H groups in total. The van der Waals surface area contributed by atoms with Gasteiger partial charge in [0, 0.05) is 11.8 Å². The van der Waals surface area contributed by atoms with Gasteiger partial charge in [-0.3, -0.25) is 0 Å². The van der Waals surface area contributed by atoms with Crippen LogP contribution in [0.25, 0.3) is 0 Å². The predicted molar refractivity (Wildman–Crippen MR) is 61.9 cm³/mol. The van der Waals surface area contributed by atoms with E-state index in [2.05, 4.69) is 10.1 Å². The second kappa shape index (κ2) is 5.65. The molecule has 0 unspecified atom stereocenters. The average Bonchev–Trinajstić information content (AvgIpc) is 2.96. The average molecular weight is 243 g/mol. The Morgan fingerprint density at radius 3 is 2.94 bits per heavy atom. The van der Waals surface area contributed by atoms with Gasteiger partial charge in [0.05, 0.1) is 5.75 Å². The number of rotatable bonds is 5. The smallest absolute Gasteiger partial charge is 0.256 e. The van der Waals surface area contributed by atoms with E-state index in [1.165, 1.54) is 25.7 Å². The monoisotopic (exact) mass is 243 g/mol. The normalized spacial score (nSPS) is 19.1. The first-order valence-electron chi connectivity index (χ1n) is 5.62. The lowest BCUT2D eigenvalue weighted by Crippen LogP contribution is -2.11. The topological polar surface area (TPSA) is 85.2 Å². The van der Waals surface area contributed by atoms with Gasteiger partial charge in [0.25, 0.3) is 5.89 Å². The number of nitrogens with two attached hydrogens (primary N) is 1. The van der Waals surface area contributed by atoms with Crippen molar-refractivity contribution >= 4 is 11.8 Å². The Hall–Kier alpha value is -0.590. The molecule has 90 valence electrons. The Morgan fingerprint density at radius 1 is 1.50 bits per heavy atom. The van der Waals surface area contributed by atoms with Crippen LogP contribution in [0.3, 0.4) is 0 Å². The molecule has 1 aliphatic rings. The van der Waals surface area contributed by atoms with Crippen LogP contribution >= 0.6 is 11.8 Å². The SMILES string of the molecule is NC[C@H](O)c1nc(CSC2CCCC2)no1. The number of hydrogen-bond acceptors (Lipinski definition) is 6. The fourth-order valence-electron chi connectivity index (χ4n) is 1.81. The summed E-state index contributed by atoms with van der Waals surface area (Å²) in [7, 11) is 0. The van der Waals surface area contributed by atoms with E-state index in [0.29, 0.717) is 5.82 Å². The van der Waals surface area contributed by atoms with E-state index < -0.39 is 6.10 Å². The zero-order valence-electron chi connectivity index (χ0n) is 9.13. The van der Waals surface area contributed by atoms with Crippen molar-refractivity contribution in [1.82, 2.24) is 10.1 Å². The molecule has 1 aromatic heterocycles. The van der Waals surface area contributed by atoms with Crippen molar-refractivity contribution in [1.29, 1.82) is 0 Å². The number of thioether (sulfide) groups is 1. The maximum atomic E-state index is 9.39. The molecule has 0 radical (unpaired) electrons. The molecular formula is C10H17N3O2S. The van der Waals surface area contributed by atoms with Crippen molar-refractivity contribution in [2.45, 2.75) is 42.8 Å². The zero-order chi connectivity index (χ0) is 11.4. The third-order valence-electron chi connectivity index (χ3n) is 2.74. The van der Waals surface area contributed by atoms with E-state index >= 15 is 0 Å². The highest BCUT2D eigenvalue weighted by molar-refractivity contribution is 7.99. The Labute approximate surface area is 98.8 Å². The number of nitrogens with zero attached hydrogens (tertiary/aromatic N) is 2. The summed E-state index contributed by atoms with van der Waals surface area (Å²) >= 11 is 1.87. The van der Waals surface area contributed by atoms with Crippen molar-refractivity contribution in [2.75, 3.05) is 6.54 Å². The maximum absolute atomic E-state index is 9.39. The molecule has 0 spiro atoms. The molecule has 16 heavy (non-hydrogen) atoms. The van der Waals surface area contributed by atoms with Crippen LogP contribution in [0.2, 0.25) is 0 Å². The second-order valence-corrected chi connectivity index (χ2v) is 5.31. The van der Waals surface area contributed by atoms with E-state index in [9.17, 15) is 5.11 Å². The van der Waals surface area contributed by atoms with Crippen molar-refractivity contribution in [3.63, 3.8) is 0 Å². The third kappa shape index (κ3) is 2.96. The molecule has 1 heterocycles. The fraction of sp³-hybridized carbons (Fsp3) is 0.800. The Morgan fingerprint density at radius 2 is 2.25 bits per heavy atom. The third-order valence-corrected chi connectivity index (χ3v) is 4.11. The van der Waals surface area contributed by atoms with Crippen molar-refractivity contribution in [3.05, 3.63) is 11.7 Å². The molecule has 0 saturated heterocycles. The van der Waals surface area contributed by atoms with Gasteiger partial charge in [0.1, 0.15) is 6.10 Å². The first-order valence-corrected chi connectivity index (χ1v) is 6.66. The molecule has 1 aliphatic carbocycles. The number of hydrogen-bond donors (Lipinski definition) is 2. The number of aromatic nitrogens is 2. The van der Waals surface area contributed by atoms with Gasteiger partial charge in [-0.15, -0.1) is 0 Å². The van der Waals surface area contributed by atoms with Crippen LogP contribution < -0.4 is 5.73 Å². The molecule has 1 aromatic rings. The molecule has 0 aromatic carbocycles. The molecule has 1 atom stereocenters. The standard InChI is InChI=1S/C10H17N3O2S/c11-5-8(14)10-12-9(13-15-10)6-16-7-3-1-2-4-7/h7-8,14H,1-6,11H2/t8-/m0/s1. The first kappa shape index (κ1) is 11.9. The van der Waals surface area contributed by atoms with Crippen molar-refractivity contribution in [3.8, 4) is 0 Å². The predicted octanol–water partition coefficient (Wildman–Crippen LogP) is 1.24. The van der Waals surface area contributed by atoms with E-state index in [0.717, 1.165) is 11.0 Å². The largest absolute Gasteiger partial charge is 0.382 e. The van der Waals surface area contributed by atoms with E-state index in [1.807, 2.05) is 11.8 Å². The molecule has 0 bridgehead atoms. The molecule has 0 amide bonds. The molecule has 1 saturated carbocycles. The number of aliphatic hydroxyl groups is 1. The molecule has 6 heteroatoms. The Bertz CT molecular complexity index is 326. The second-order valence-electron chi connectivity index (χ2n) is 4.02. The minimum atomic E-state index is -0.835. The van der Waals surface area contributed by atoms with Crippen LogP contribution in [0.4, 0.5) is 0 Å². The lowest BCUT2D eigenvalue weighted by molar-refractivity contribution is 0.141. The van der Waals surface area contributed by atoms with E-state index in [-0.39, 0.29) is 12.4 Å². The molecule has 1 fully saturated rings. The summed E-state index contributed by atoms with van der Waals surface area (Å²) in [5, 5.41) is 14.0. The number of aliphatic hydroxyl groups excluding tert-OH is 1. The van der Waals surface area contributed by atoms with Gasteiger partial charge in [-0.25, -0.2) is 0 Å². The van der Waals surface area contributed by atoms with Crippen LogP contribution in [0.5, 0.6) is 0 Å². The summed E-state index contributed by atoms with van der Waals surface area (Å²) in [5.74, 6) is 1.63. The quantitative estimate of drug-likeness (QED) is 0.809. The summed E-state index contributed by atoms with van der Waals surface area (Å²) < 4.78 is 4.93. The Balaban J connectivity index is 1.82. The molecular weight excluding hydrogens is 226 g/mol. The Kier molecular flexibility index (Phi) is 4.20. The fourth-order valence-corrected chi connectivity index (χ4v) is 2.98. The highest BCUT2D eigenvalue weighted by Gasteiger charge is 2.18. The van der Waals surface area contributed by atoms with E-state index in [1.54, 1.807) is 0 Å². The first-order chi connectivity index (χ1) is 7.79. The van der Waals surface area contributed by atoms with Crippen LogP contribution in [0, 0.1) is 0 Å². The summed E-state index contributed by atoms with van der Waals surface area (Å²) in [6, 6.07) is 0. The summed E-state index contributed by atoms with van der Waals surface area (Å²) in [6.07, 6.45) is 4.42. The minimum Gasteiger partial charge on any atom is -0.382 e. The van der Waals surface area contributed by atoms with Gasteiger partial charge in [0.15, 0.2) is 5.82 Å². The van der Waals surface area contributed by atoms with Gasteiger partial charge in [-0.2, -0.15) is 16.7 Å². The van der Waals surface area contributed by atoms with Gasteiger partial charge in [-0.05, 0) is 12.8 Å². The van der Waals surface area contributed by atoms with Gasteiger partial charge in [-0.1, -0.05) is 18.0 Å². The summed E-state index contributed by atoms with van der Waals surface area (Å²) in [5.41, 5.74) is 5.30. The summed E-state index contributed by atoms with van der Waals surface area (Å²) in [4.78, 5) is 4.11.